The number of hydrogen-bond donors (Lipinski definition) is 0. The van der Waals surface area contributed by atoms with Crippen LogP contribution < -0.4 is 4.74 Å². The third kappa shape index (κ3) is 4.40. The lowest BCUT2D eigenvalue weighted by molar-refractivity contribution is 0.0325. The molecule has 3 aliphatic rings. The van der Waals surface area contributed by atoms with E-state index in [1.165, 1.54) is 0 Å². The van der Waals surface area contributed by atoms with Gasteiger partial charge in [0.1, 0.15) is 19.0 Å². The fourth-order valence-corrected chi connectivity index (χ4v) is 4.69. The molecule has 4 heteroatoms. The van der Waals surface area contributed by atoms with E-state index >= 15 is 0 Å². The number of amides is 1. The number of ether oxygens (including phenoxy) is 2. The summed E-state index contributed by atoms with van der Waals surface area (Å²) in [6.07, 6.45) is 6.24. The van der Waals surface area contributed by atoms with Gasteiger partial charge in [-0.2, -0.15) is 0 Å². The van der Waals surface area contributed by atoms with Crippen LogP contribution in [0.5, 0.6) is 5.75 Å². The van der Waals surface area contributed by atoms with E-state index < -0.39 is 0 Å². The minimum absolute atomic E-state index is 0.00908. The molecule has 0 spiro atoms. The zero-order chi connectivity index (χ0) is 21.8. The van der Waals surface area contributed by atoms with Crippen LogP contribution in [-0.2, 0) is 18.0 Å². The molecule has 3 aromatic carbocycles. The Hall–Kier alpha value is -3.53. The van der Waals surface area contributed by atoms with Crippen LogP contribution in [0.2, 0.25) is 0 Å². The third-order valence-electron chi connectivity index (χ3n) is 6.32. The van der Waals surface area contributed by atoms with E-state index in [0.29, 0.717) is 12.5 Å². The minimum Gasteiger partial charge on any atom is -0.489 e. The van der Waals surface area contributed by atoms with Crippen molar-refractivity contribution in [3.8, 4) is 5.75 Å². The first-order valence-electron chi connectivity index (χ1n) is 11.2. The fourth-order valence-electron chi connectivity index (χ4n) is 4.69. The quantitative estimate of drug-likeness (QED) is 0.436. The summed E-state index contributed by atoms with van der Waals surface area (Å²) in [5.74, 6) is 1.13. The highest BCUT2D eigenvalue weighted by molar-refractivity contribution is 5.70. The van der Waals surface area contributed by atoms with Crippen LogP contribution in [0.15, 0.2) is 97.1 Å². The Bertz CT molecular complexity index is 1060. The van der Waals surface area contributed by atoms with Crippen LogP contribution in [0.1, 0.15) is 35.6 Å². The van der Waals surface area contributed by atoms with Gasteiger partial charge in [0.15, 0.2) is 0 Å². The van der Waals surface area contributed by atoms with Gasteiger partial charge in [-0.25, -0.2) is 4.79 Å². The van der Waals surface area contributed by atoms with Crippen molar-refractivity contribution >= 4 is 6.09 Å². The Morgan fingerprint density at radius 3 is 2.06 bits per heavy atom. The summed E-state index contributed by atoms with van der Waals surface area (Å²) >= 11 is 0. The topological polar surface area (TPSA) is 38.8 Å². The van der Waals surface area contributed by atoms with Gasteiger partial charge in [0, 0.05) is 5.92 Å². The Morgan fingerprint density at radius 2 is 1.44 bits per heavy atom. The predicted molar refractivity (Wildman–Crippen MR) is 124 cm³/mol. The van der Waals surface area contributed by atoms with Crippen molar-refractivity contribution in [2.75, 3.05) is 0 Å². The molecule has 0 unspecified atom stereocenters. The summed E-state index contributed by atoms with van der Waals surface area (Å²) in [6.45, 7) is 0.825. The average molecular weight is 426 g/mol. The molecule has 3 atom stereocenters. The normalized spacial score (nSPS) is 21.4. The molecule has 1 amide bonds. The molecule has 2 heterocycles. The van der Waals surface area contributed by atoms with Crippen LogP contribution >= 0.6 is 0 Å². The zero-order valence-corrected chi connectivity index (χ0v) is 18.0. The summed E-state index contributed by atoms with van der Waals surface area (Å²) in [7, 11) is 0. The monoisotopic (exact) mass is 425 g/mol. The molecule has 1 saturated heterocycles. The van der Waals surface area contributed by atoms with E-state index in [-0.39, 0.29) is 24.8 Å². The van der Waals surface area contributed by atoms with E-state index in [4.69, 9.17) is 9.47 Å². The van der Waals surface area contributed by atoms with Gasteiger partial charge >= 0.3 is 6.09 Å². The summed E-state index contributed by atoms with van der Waals surface area (Å²) in [5.41, 5.74) is 3.25. The molecule has 4 nitrogen and oxygen atoms in total. The number of carbonyl (C=O) groups excluding carboxylic acids is 1. The van der Waals surface area contributed by atoms with Crippen LogP contribution in [0.3, 0.4) is 0 Å². The molecule has 6 rings (SSSR count). The molecule has 0 saturated carbocycles. The molecule has 32 heavy (non-hydrogen) atoms. The molecule has 1 fully saturated rings. The van der Waals surface area contributed by atoms with Crippen LogP contribution in [0.25, 0.3) is 0 Å². The highest BCUT2D eigenvalue weighted by atomic mass is 16.6. The van der Waals surface area contributed by atoms with Gasteiger partial charge in [-0.15, -0.1) is 0 Å². The summed E-state index contributed by atoms with van der Waals surface area (Å²) in [6, 6.07) is 28.2. The van der Waals surface area contributed by atoms with E-state index in [1.807, 2.05) is 65.6 Å². The highest BCUT2D eigenvalue weighted by Gasteiger charge is 2.42. The number of nitrogens with zero attached hydrogens (tertiary/aromatic N) is 1. The Kier molecular flexibility index (Phi) is 5.93. The van der Waals surface area contributed by atoms with Crippen molar-refractivity contribution in [3.05, 3.63) is 114 Å². The standard InChI is InChI=1S/C28H27NO3/c30-28(32-20-22-9-5-2-6-10-22)29-25-15-11-23(12-16-25)27(29)24-13-17-26(18-14-24)31-19-21-7-3-1-4-8-21/h1-11,13-15,17-18,23,25,27H,12,16,19-20H2/t23-,25-,27-/m0/s1. The van der Waals surface area contributed by atoms with Gasteiger partial charge in [-0.05, 0) is 41.7 Å². The lowest BCUT2D eigenvalue weighted by atomic mass is 9.77. The number of carbonyl (C=O) groups is 1. The first-order chi connectivity index (χ1) is 15.8. The van der Waals surface area contributed by atoms with E-state index in [0.717, 1.165) is 35.3 Å². The van der Waals surface area contributed by atoms with Gasteiger partial charge in [0.25, 0.3) is 0 Å². The lowest BCUT2D eigenvalue weighted by Gasteiger charge is -2.47. The van der Waals surface area contributed by atoms with Crippen molar-refractivity contribution < 1.29 is 14.3 Å². The molecule has 3 aromatic rings. The van der Waals surface area contributed by atoms with Gasteiger partial charge in [0.05, 0.1) is 12.1 Å². The first kappa shape index (κ1) is 20.4. The SMILES string of the molecule is O=C(OCc1ccccc1)N1[C@H](c2ccc(OCc3ccccc3)cc2)[C@H]2C=C[C@H]1CC2. The van der Waals surface area contributed by atoms with Gasteiger partial charge < -0.3 is 9.47 Å². The second-order valence-corrected chi connectivity index (χ2v) is 8.43. The van der Waals surface area contributed by atoms with Crippen molar-refractivity contribution in [3.63, 3.8) is 0 Å². The van der Waals surface area contributed by atoms with Crippen LogP contribution in [0, 0.1) is 5.92 Å². The van der Waals surface area contributed by atoms with Crippen LogP contribution in [0.4, 0.5) is 4.79 Å². The van der Waals surface area contributed by atoms with Crippen molar-refractivity contribution in [2.24, 2.45) is 5.92 Å². The smallest absolute Gasteiger partial charge is 0.411 e. The Balaban J connectivity index is 1.29. The molecule has 0 N–H and O–H groups in total. The second-order valence-electron chi connectivity index (χ2n) is 8.43. The number of hydrogen-bond acceptors (Lipinski definition) is 3. The van der Waals surface area contributed by atoms with Crippen molar-refractivity contribution in [2.45, 2.75) is 38.1 Å². The van der Waals surface area contributed by atoms with E-state index in [1.54, 1.807) is 0 Å². The molecule has 2 aliphatic heterocycles. The van der Waals surface area contributed by atoms with Gasteiger partial charge in [-0.3, -0.25) is 4.90 Å². The zero-order valence-electron chi connectivity index (χ0n) is 18.0. The van der Waals surface area contributed by atoms with Crippen LogP contribution in [-0.4, -0.2) is 17.0 Å². The summed E-state index contributed by atoms with van der Waals surface area (Å²) < 4.78 is 11.7. The first-order valence-corrected chi connectivity index (χ1v) is 11.2. The highest BCUT2D eigenvalue weighted by Crippen LogP contribution is 2.44. The maximum absolute atomic E-state index is 13.1. The van der Waals surface area contributed by atoms with Crippen molar-refractivity contribution in [1.82, 2.24) is 4.90 Å². The Labute approximate surface area is 189 Å². The minimum atomic E-state index is -0.248. The predicted octanol–water partition coefficient (Wildman–Crippen LogP) is 6.29. The summed E-state index contributed by atoms with van der Waals surface area (Å²) in [4.78, 5) is 15.0. The second kappa shape index (κ2) is 9.31. The number of fused-ring (bicyclic) bond motifs is 2. The van der Waals surface area contributed by atoms with Gasteiger partial charge in [0.2, 0.25) is 0 Å². The summed E-state index contributed by atoms with van der Waals surface area (Å²) in [5, 5.41) is 0. The lowest BCUT2D eigenvalue weighted by Crippen LogP contribution is -2.50. The Morgan fingerprint density at radius 1 is 0.781 bits per heavy atom. The molecule has 162 valence electrons. The fraction of sp³-hybridized carbons (Fsp3) is 0.250. The molecule has 0 aromatic heterocycles. The van der Waals surface area contributed by atoms with Gasteiger partial charge in [-0.1, -0.05) is 84.9 Å². The number of benzene rings is 3. The average Bonchev–Trinajstić information content (AvgIpc) is 2.88. The largest absolute Gasteiger partial charge is 0.489 e. The maximum atomic E-state index is 13.1. The third-order valence-corrected chi connectivity index (χ3v) is 6.32. The number of rotatable bonds is 6. The van der Waals surface area contributed by atoms with E-state index in [9.17, 15) is 4.79 Å². The molecule has 0 radical (unpaired) electrons. The molecule has 2 bridgehead atoms. The molecular formula is C28H27NO3. The molecule has 1 aliphatic carbocycles. The number of piperidine rings is 1. The van der Waals surface area contributed by atoms with E-state index in [2.05, 4.69) is 36.4 Å². The maximum Gasteiger partial charge on any atom is 0.411 e. The molecular weight excluding hydrogens is 398 g/mol. The van der Waals surface area contributed by atoms with Crippen molar-refractivity contribution in [1.29, 1.82) is 0 Å².